The Labute approximate surface area is 477 Å². The predicted molar refractivity (Wildman–Crippen MR) is 346 cm³/mol. The molecule has 0 aliphatic heterocycles. The Balaban J connectivity index is 0.868. The number of anilines is 6. The highest BCUT2D eigenvalue weighted by atomic mass is 15.2. The minimum absolute atomic E-state index is 1.04. The average molecular weight is 1050 g/mol. The smallest absolute Gasteiger partial charge is 0.0542 e. The van der Waals surface area contributed by atoms with E-state index in [1.165, 1.54) is 66.1 Å². The molecule has 4 nitrogen and oxygen atoms in total. The number of benzene rings is 13. The van der Waals surface area contributed by atoms with Gasteiger partial charge in [-0.15, -0.1) is 0 Å². The summed E-state index contributed by atoms with van der Waals surface area (Å²) in [6.45, 7) is 0. The normalized spacial score (nSPS) is 11.4. The van der Waals surface area contributed by atoms with Crippen molar-refractivity contribution in [2.45, 2.75) is 0 Å². The molecule has 0 bridgehead atoms. The minimum Gasteiger partial charge on any atom is -0.310 e. The van der Waals surface area contributed by atoms with Gasteiger partial charge in [-0.3, -0.25) is 0 Å². The van der Waals surface area contributed by atoms with Crippen LogP contribution in [-0.4, -0.2) is 9.13 Å². The zero-order valence-corrected chi connectivity index (χ0v) is 45.0. The molecule has 0 aliphatic rings. The number of para-hydroxylation sites is 4. The third kappa shape index (κ3) is 8.76. The summed E-state index contributed by atoms with van der Waals surface area (Å²) >= 11 is 0. The number of aromatic nitrogens is 2. The first-order valence-corrected chi connectivity index (χ1v) is 28.1. The molecule has 0 atom stereocenters. The lowest BCUT2D eigenvalue weighted by molar-refractivity contribution is 1.18. The first-order valence-electron chi connectivity index (χ1n) is 28.1. The second-order valence-corrected chi connectivity index (χ2v) is 21.0. The zero-order chi connectivity index (χ0) is 54.3. The molecule has 0 saturated heterocycles. The van der Waals surface area contributed by atoms with Gasteiger partial charge in [0.25, 0.3) is 0 Å². The first-order chi connectivity index (χ1) is 40.7. The largest absolute Gasteiger partial charge is 0.310 e. The van der Waals surface area contributed by atoms with Crippen LogP contribution < -0.4 is 9.80 Å². The van der Waals surface area contributed by atoms with Crippen molar-refractivity contribution in [2.24, 2.45) is 0 Å². The van der Waals surface area contributed by atoms with Gasteiger partial charge < -0.3 is 18.9 Å². The monoisotopic (exact) mass is 1050 g/mol. The second-order valence-electron chi connectivity index (χ2n) is 21.0. The quantitative estimate of drug-likeness (QED) is 0.121. The van der Waals surface area contributed by atoms with Crippen LogP contribution in [0.2, 0.25) is 0 Å². The number of hydrogen-bond donors (Lipinski definition) is 0. The van der Waals surface area contributed by atoms with Gasteiger partial charge in [0.05, 0.1) is 22.1 Å². The third-order valence-electron chi connectivity index (χ3n) is 16.1. The van der Waals surface area contributed by atoms with Crippen molar-refractivity contribution in [2.75, 3.05) is 9.80 Å². The maximum Gasteiger partial charge on any atom is 0.0542 e. The van der Waals surface area contributed by atoms with Crippen molar-refractivity contribution in [3.05, 3.63) is 328 Å². The molecule has 82 heavy (non-hydrogen) atoms. The lowest BCUT2D eigenvalue weighted by Crippen LogP contribution is -2.13. The van der Waals surface area contributed by atoms with E-state index in [1.54, 1.807) is 0 Å². The van der Waals surface area contributed by atoms with Gasteiger partial charge in [-0.05, 0) is 172 Å². The van der Waals surface area contributed by atoms with Crippen molar-refractivity contribution in [3.63, 3.8) is 0 Å². The molecule has 0 fully saturated rings. The van der Waals surface area contributed by atoms with E-state index in [2.05, 4.69) is 347 Å². The van der Waals surface area contributed by atoms with Gasteiger partial charge >= 0.3 is 0 Å². The Hall–Kier alpha value is -10.9. The van der Waals surface area contributed by atoms with Gasteiger partial charge in [0, 0.05) is 67.0 Å². The molecule has 2 aromatic heterocycles. The Morgan fingerprint density at radius 2 is 0.427 bits per heavy atom. The van der Waals surface area contributed by atoms with E-state index in [0.29, 0.717) is 0 Å². The van der Waals surface area contributed by atoms with Crippen LogP contribution in [0.5, 0.6) is 0 Å². The topological polar surface area (TPSA) is 16.3 Å². The molecule has 13 aromatic carbocycles. The highest BCUT2D eigenvalue weighted by Crippen LogP contribution is 2.45. The fourth-order valence-electron chi connectivity index (χ4n) is 12.2. The Morgan fingerprint density at radius 1 is 0.171 bits per heavy atom. The highest BCUT2D eigenvalue weighted by Gasteiger charge is 2.22. The van der Waals surface area contributed by atoms with Crippen molar-refractivity contribution >= 4 is 77.7 Å². The third-order valence-corrected chi connectivity index (χ3v) is 16.1. The summed E-state index contributed by atoms with van der Waals surface area (Å²) in [7, 11) is 0. The van der Waals surface area contributed by atoms with Gasteiger partial charge in [0.1, 0.15) is 0 Å². The van der Waals surface area contributed by atoms with Gasteiger partial charge in [-0.25, -0.2) is 0 Å². The van der Waals surface area contributed by atoms with Gasteiger partial charge in [0.2, 0.25) is 0 Å². The van der Waals surface area contributed by atoms with Crippen LogP contribution in [0.4, 0.5) is 34.1 Å². The van der Waals surface area contributed by atoms with Crippen LogP contribution in [-0.2, 0) is 0 Å². The Kier molecular flexibility index (Phi) is 12.2. The van der Waals surface area contributed by atoms with Crippen LogP contribution in [0, 0.1) is 0 Å². The van der Waals surface area contributed by atoms with E-state index in [4.69, 9.17) is 0 Å². The fourth-order valence-corrected chi connectivity index (χ4v) is 12.2. The summed E-state index contributed by atoms with van der Waals surface area (Å²) in [6, 6.07) is 119. The molecular weight excluding hydrogens is 993 g/mol. The van der Waals surface area contributed by atoms with E-state index in [9.17, 15) is 0 Å². The lowest BCUT2D eigenvalue weighted by Gasteiger charge is -2.29. The zero-order valence-electron chi connectivity index (χ0n) is 45.0. The average Bonchev–Trinajstić information content (AvgIpc) is 4.21. The predicted octanol–water partition coefficient (Wildman–Crippen LogP) is 21.5. The standard InChI is InChI=1S/C78H54N4/c1-7-20-55(21-8-1)57-34-38-59(39-35-57)61-42-46-75-71(50-61)73-53-69(44-48-77(73)81(75)65-28-15-5-16-29-65)79(63-24-11-3-12-25-63)67-32-19-33-68(52-67)80(64-26-13-4-14-27-64)70-45-49-78-74(54-70)72-51-62(43-47-76(72)82(78)66-30-17-6-18-31-66)60-40-36-58(37-41-60)56-22-9-2-10-23-56/h1-54H. The molecule has 15 aromatic rings. The van der Waals surface area contributed by atoms with Gasteiger partial charge in [0.15, 0.2) is 0 Å². The number of fused-ring (bicyclic) bond motifs is 6. The maximum absolute atomic E-state index is 2.40. The molecule has 0 amide bonds. The molecule has 0 radical (unpaired) electrons. The molecule has 0 N–H and O–H groups in total. The first kappa shape index (κ1) is 48.2. The van der Waals surface area contributed by atoms with Crippen molar-refractivity contribution < 1.29 is 0 Å². The van der Waals surface area contributed by atoms with E-state index < -0.39 is 0 Å². The molecule has 15 rings (SSSR count). The summed E-state index contributed by atoms with van der Waals surface area (Å²) in [5.74, 6) is 0. The van der Waals surface area contributed by atoms with Crippen molar-refractivity contribution in [3.8, 4) is 55.9 Å². The van der Waals surface area contributed by atoms with Crippen LogP contribution in [0.3, 0.4) is 0 Å². The molecule has 0 aliphatic carbocycles. The molecule has 0 spiro atoms. The van der Waals surface area contributed by atoms with Crippen LogP contribution in [0.25, 0.3) is 99.5 Å². The van der Waals surface area contributed by atoms with Crippen LogP contribution in [0.15, 0.2) is 328 Å². The van der Waals surface area contributed by atoms with Gasteiger partial charge in [-0.2, -0.15) is 0 Å². The van der Waals surface area contributed by atoms with Crippen LogP contribution in [0.1, 0.15) is 0 Å². The van der Waals surface area contributed by atoms with Crippen molar-refractivity contribution in [1.29, 1.82) is 0 Å². The van der Waals surface area contributed by atoms with E-state index in [-0.39, 0.29) is 0 Å². The minimum atomic E-state index is 1.04. The highest BCUT2D eigenvalue weighted by molar-refractivity contribution is 6.13. The van der Waals surface area contributed by atoms with Crippen LogP contribution >= 0.6 is 0 Å². The summed E-state index contributed by atoms with van der Waals surface area (Å²) in [5, 5.41) is 4.74. The van der Waals surface area contributed by atoms with E-state index in [1.807, 2.05) is 0 Å². The molecule has 0 unspecified atom stereocenters. The Morgan fingerprint density at radius 3 is 0.793 bits per heavy atom. The second kappa shape index (κ2) is 20.7. The molecule has 386 valence electrons. The summed E-state index contributed by atoms with van der Waals surface area (Å²) in [6.07, 6.45) is 0. The fraction of sp³-hybridized carbons (Fsp3) is 0. The maximum atomic E-state index is 2.40. The Bertz CT molecular complexity index is 4440. The van der Waals surface area contributed by atoms with Gasteiger partial charge in [-0.1, -0.05) is 200 Å². The summed E-state index contributed by atoms with van der Waals surface area (Å²) in [4.78, 5) is 4.79. The molecular formula is C78H54N4. The van der Waals surface area contributed by atoms with E-state index >= 15 is 0 Å². The summed E-state index contributed by atoms with van der Waals surface area (Å²) < 4.78 is 4.81. The number of hydrogen-bond acceptors (Lipinski definition) is 2. The SMILES string of the molecule is c1ccc(-c2ccc(-c3ccc4c(c3)c3cc(N(c5ccccc5)c5cccc(N(c6ccccc6)c6ccc7c(c6)c6cc(-c8ccc(-c9ccccc9)cc8)ccc6n7-c6ccccc6)c5)ccc3n4-c3ccccc3)cc2)cc1. The van der Waals surface area contributed by atoms with E-state index in [0.717, 1.165) is 67.6 Å². The number of rotatable bonds is 12. The lowest BCUT2D eigenvalue weighted by atomic mass is 9.99. The van der Waals surface area contributed by atoms with Crippen molar-refractivity contribution in [1.82, 2.24) is 9.13 Å². The number of nitrogens with zero attached hydrogens (tertiary/aromatic N) is 4. The molecule has 0 saturated carbocycles. The molecule has 2 heterocycles. The summed E-state index contributed by atoms with van der Waals surface area (Å²) in [5.41, 5.74) is 22.8. The molecule has 4 heteroatoms.